The van der Waals surface area contributed by atoms with Crippen LogP contribution in [0.2, 0.25) is 0 Å². The van der Waals surface area contributed by atoms with Crippen LogP contribution in [-0.4, -0.2) is 0 Å². The zero-order valence-corrected chi connectivity index (χ0v) is 10.8. The second-order valence-electron chi connectivity index (χ2n) is 4.98. The van der Waals surface area contributed by atoms with Gasteiger partial charge in [-0.15, -0.1) is 0 Å². The first-order valence-corrected chi connectivity index (χ1v) is 6.48. The molecule has 1 aromatic heterocycles. The van der Waals surface area contributed by atoms with Crippen LogP contribution in [0.3, 0.4) is 0 Å². The number of ether oxygens (including phenoxy) is 1. The molecule has 2 nitrogen and oxygen atoms in total. The Morgan fingerprint density at radius 3 is 2.74 bits per heavy atom. The molecule has 0 N–H and O–H groups in total. The molecule has 0 amide bonds. The molecule has 2 aromatic carbocycles. The van der Waals surface area contributed by atoms with E-state index in [1.807, 2.05) is 0 Å². The molecule has 0 saturated heterocycles. The first kappa shape index (κ1) is 10.6. The van der Waals surface area contributed by atoms with Gasteiger partial charge in [0.25, 0.3) is 6.73 Å². The number of pyridine rings is 1. The summed E-state index contributed by atoms with van der Waals surface area (Å²) in [6.07, 6.45) is 2.16. The van der Waals surface area contributed by atoms with Gasteiger partial charge in [0.05, 0.1) is 5.56 Å². The van der Waals surface area contributed by atoms with Crippen LogP contribution in [0.25, 0.3) is 22.0 Å². The van der Waals surface area contributed by atoms with Gasteiger partial charge >= 0.3 is 0 Å². The number of hydrogen-bond donors (Lipinski definition) is 0. The van der Waals surface area contributed by atoms with Crippen molar-refractivity contribution in [1.29, 1.82) is 0 Å². The highest BCUT2D eigenvalue weighted by molar-refractivity contribution is 5.84. The van der Waals surface area contributed by atoms with Gasteiger partial charge < -0.3 is 4.74 Å². The molecule has 3 aromatic rings. The van der Waals surface area contributed by atoms with Crippen molar-refractivity contribution in [2.24, 2.45) is 0 Å². The first-order chi connectivity index (χ1) is 9.33. The van der Waals surface area contributed by atoms with Crippen molar-refractivity contribution in [2.75, 3.05) is 0 Å². The number of benzene rings is 2. The van der Waals surface area contributed by atoms with E-state index in [4.69, 9.17) is 4.74 Å². The first-order valence-electron chi connectivity index (χ1n) is 6.48. The van der Waals surface area contributed by atoms with E-state index in [2.05, 4.69) is 66.2 Å². The standard InChI is InChI=1S/C17H14NO/c1-12-5-4-8-15-16-9-13-6-2-3-7-14(13)10-18(16)11-19-17(12)15/h2-10H,11H2,1H3/q+1. The van der Waals surface area contributed by atoms with Crippen LogP contribution in [0.5, 0.6) is 5.75 Å². The van der Waals surface area contributed by atoms with Crippen LogP contribution in [-0.2, 0) is 6.73 Å². The van der Waals surface area contributed by atoms with Crippen molar-refractivity contribution in [1.82, 2.24) is 0 Å². The topological polar surface area (TPSA) is 13.1 Å². The minimum Gasteiger partial charge on any atom is -0.435 e. The molecule has 0 fully saturated rings. The SMILES string of the molecule is Cc1cccc2c1OC[n+]1cc3ccccc3cc1-2. The number of rotatable bonds is 0. The maximum Gasteiger partial charge on any atom is 0.292 e. The summed E-state index contributed by atoms with van der Waals surface area (Å²) in [6.45, 7) is 2.67. The molecule has 19 heavy (non-hydrogen) atoms. The van der Waals surface area contributed by atoms with Gasteiger partial charge in [0.1, 0.15) is 5.75 Å². The van der Waals surface area contributed by atoms with E-state index in [0.717, 1.165) is 5.75 Å². The fraction of sp³-hybridized carbons (Fsp3) is 0.118. The third-order valence-electron chi connectivity index (χ3n) is 3.73. The van der Waals surface area contributed by atoms with Crippen molar-refractivity contribution in [2.45, 2.75) is 13.7 Å². The van der Waals surface area contributed by atoms with Gasteiger partial charge in [-0.05, 0) is 30.0 Å². The molecule has 0 spiro atoms. The Morgan fingerprint density at radius 1 is 1.00 bits per heavy atom. The minimum atomic E-state index is 0.581. The summed E-state index contributed by atoms with van der Waals surface area (Å²) in [5, 5.41) is 2.51. The van der Waals surface area contributed by atoms with E-state index >= 15 is 0 Å². The van der Waals surface area contributed by atoms with Crippen molar-refractivity contribution in [3.8, 4) is 17.0 Å². The summed E-state index contributed by atoms with van der Waals surface area (Å²) in [5.41, 5.74) is 3.59. The molecule has 0 unspecified atom stereocenters. The quantitative estimate of drug-likeness (QED) is 0.555. The zero-order valence-electron chi connectivity index (χ0n) is 10.8. The molecule has 2 heteroatoms. The molecule has 0 atom stereocenters. The van der Waals surface area contributed by atoms with Gasteiger partial charge in [0.15, 0.2) is 6.20 Å². The van der Waals surface area contributed by atoms with Gasteiger partial charge in [-0.1, -0.05) is 30.3 Å². The van der Waals surface area contributed by atoms with Gasteiger partial charge in [-0.3, -0.25) is 0 Å². The Morgan fingerprint density at radius 2 is 1.84 bits per heavy atom. The maximum absolute atomic E-state index is 5.89. The van der Waals surface area contributed by atoms with Crippen molar-refractivity contribution in [3.63, 3.8) is 0 Å². The highest BCUT2D eigenvalue weighted by Gasteiger charge is 2.25. The summed E-state index contributed by atoms with van der Waals surface area (Å²) in [5.74, 6) is 1.01. The molecule has 4 rings (SSSR count). The van der Waals surface area contributed by atoms with Crippen molar-refractivity contribution < 1.29 is 9.30 Å². The molecule has 0 saturated carbocycles. The zero-order chi connectivity index (χ0) is 12.8. The summed E-state index contributed by atoms with van der Waals surface area (Å²) >= 11 is 0. The Kier molecular flexibility index (Phi) is 2.12. The normalized spacial score (nSPS) is 12.7. The van der Waals surface area contributed by atoms with Crippen LogP contribution >= 0.6 is 0 Å². The van der Waals surface area contributed by atoms with Gasteiger partial charge in [-0.2, -0.15) is 4.57 Å². The molecule has 0 bridgehead atoms. The Bertz CT molecular complexity index is 792. The Balaban J connectivity index is 2.06. The number of aryl methyl sites for hydroxylation is 1. The van der Waals surface area contributed by atoms with Crippen LogP contribution in [0.15, 0.2) is 54.7 Å². The molecule has 1 aliphatic heterocycles. The molecule has 0 radical (unpaired) electrons. The number of fused-ring (bicyclic) bond motifs is 4. The summed E-state index contributed by atoms with van der Waals surface area (Å²) in [6, 6.07) is 17.0. The minimum absolute atomic E-state index is 0.581. The van der Waals surface area contributed by atoms with E-state index in [1.54, 1.807) is 0 Å². The fourth-order valence-electron chi connectivity index (χ4n) is 2.75. The average molecular weight is 248 g/mol. The smallest absolute Gasteiger partial charge is 0.292 e. The fourth-order valence-corrected chi connectivity index (χ4v) is 2.75. The lowest BCUT2D eigenvalue weighted by Crippen LogP contribution is -2.41. The Hall–Kier alpha value is -2.35. The summed E-state index contributed by atoms with van der Waals surface area (Å²) in [4.78, 5) is 0. The monoisotopic (exact) mass is 248 g/mol. The second kappa shape index (κ2) is 3.82. The van der Waals surface area contributed by atoms with E-state index in [1.165, 1.54) is 27.6 Å². The maximum atomic E-state index is 5.89. The van der Waals surface area contributed by atoms with E-state index in [9.17, 15) is 0 Å². The lowest BCUT2D eigenvalue weighted by atomic mass is 10.0. The lowest BCUT2D eigenvalue weighted by molar-refractivity contribution is -0.716. The third-order valence-corrected chi connectivity index (χ3v) is 3.73. The highest BCUT2D eigenvalue weighted by atomic mass is 16.5. The van der Waals surface area contributed by atoms with Crippen molar-refractivity contribution in [3.05, 3.63) is 60.3 Å². The second-order valence-corrected chi connectivity index (χ2v) is 4.98. The van der Waals surface area contributed by atoms with E-state index in [0.29, 0.717) is 6.73 Å². The Labute approximate surface area is 111 Å². The molecule has 0 aliphatic carbocycles. The molecular formula is C17H14NO+. The van der Waals surface area contributed by atoms with Crippen LogP contribution < -0.4 is 9.30 Å². The van der Waals surface area contributed by atoms with E-state index in [-0.39, 0.29) is 0 Å². The predicted molar refractivity (Wildman–Crippen MR) is 74.9 cm³/mol. The number of aromatic nitrogens is 1. The van der Waals surface area contributed by atoms with Crippen LogP contribution in [0, 0.1) is 6.92 Å². The highest BCUT2D eigenvalue weighted by Crippen LogP contribution is 2.34. The van der Waals surface area contributed by atoms with E-state index < -0.39 is 0 Å². The summed E-state index contributed by atoms with van der Waals surface area (Å²) in [7, 11) is 0. The molecule has 1 aliphatic rings. The average Bonchev–Trinajstić information content (AvgIpc) is 2.45. The van der Waals surface area contributed by atoms with Crippen molar-refractivity contribution >= 4 is 10.8 Å². The predicted octanol–water partition coefficient (Wildman–Crippen LogP) is 3.45. The summed E-state index contributed by atoms with van der Waals surface area (Å²) < 4.78 is 8.06. The number of para-hydroxylation sites is 1. The lowest BCUT2D eigenvalue weighted by Gasteiger charge is -2.17. The molecule has 92 valence electrons. The molecular weight excluding hydrogens is 234 g/mol. The van der Waals surface area contributed by atoms with Gasteiger partial charge in [0.2, 0.25) is 5.69 Å². The van der Waals surface area contributed by atoms with Gasteiger partial charge in [-0.25, -0.2) is 0 Å². The van der Waals surface area contributed by atoms with Crippen LogP contribution in [0.4, 0.5) is 0 Å². The number of nitrogens with zero attached hydrogens (tertiary/aromatic N) is 1. The van der Waals surface area contributed by atoms with Gasteiger partial charge in [0, 0.05) is 11.5 Å². The third kappa shape index (κ3) is 1.53. The molecule has 2 heterocycles. The number of hydrogen-bond acceptors (Lipinski definition) is 1. The van der Waals surface area contributed by atoms with Crippen LogP contribution in [0.1, 0.15) is 5.56 Å². The largest absolute Gasteiger partial charge is 0.435 e.